The van der Waals surface area contributed by atoms with Crippen molar-refractivity contribution in [2.24, 2.45) is 0 Å². The van der Waals surface area contributed by atoms with Crippen LogP contribution in [-0.2, 0) is 22.6 Å². The van der Waals surface area contributed by atoms with Crippen LogP contribution in [0.5, 0.6) is 11.5 Å². The van der Waals surface area contributed by atoms with Gasteiger partial charge < -0.3 is 19.7 Å². The van der Waals surface area contributed by atoms with Gasteiger partial charge in [-0.3, -0.25) is 9.59 Å². The molecule has 1 aliphatic rings. The maximum atomic E-state index is 13.1. The van der Waals surface area contributed by atoms with Crippen molar-refractivity contribution in [3.05, 3.63) is 59.7 Å². The Hall–Kier alpha value is -3.02. The largest absolute Gasteiger partial charge is 0.454 e. The number of carbonyl (C=O) groups excluding carboxylic acids is 2. The Labute approximate surface area is 171 Å². The first kappa shape index (κ1) is 20.7. The summed E-state index contributed by atoms with van der Waals surface area (Å²) in [5.74, 6) is 1.23. The highest BCUT2D eigenvalue weighted by atomic mass is 16.7. The first-order valence-corrected chi connectivity index (χ1v) is 9.96. The first-order chi connectivity index (χ1) is 13.9. The van der Waals surface area contributed by atoms with Gasteiger partial charge in [-0.1, -0.05) is 36.4 Å². The monoisotopic (exact) mass is 396 g/mol. The maximum absolute atomic E-state index is 13.1. The van der Waals surface area contributed by atoms with Gasteiger partial charge in [0.15, 0.2) is 11.5 Å². The molecule has 3 rings (SSSR count). The molecule has 154 valence electrons. The van der Waals surface area contributed by atoms with E-state index < -0.39 is 6.04 Å². The molecule has 0 saturated carbocycles. The van der Waals surface area contributed by atoms with Crippen LogP contribution in [0, 0.1) is 0 Å². The van der Waals surface area contributed by atoms with Crippen LogP contribution in [0.25, 0.3) is 0 Å². The number of hydrogen-bond donors (Lipinski definition) is 1. The van der Waals surface area contributed by atoms with Crippen LogP contribution in [0.2, 0.25) is 0 Å². The number of fused-ring (bicyclic) bond motifs is 1. The lowest BCUT2D eigenvalue weighted by molar-refractivity contribution is -0.140. The highest BCUT2D eigenvalue weighted by Crippen LogP contribution is 2.32. The molecule has 1 heterocycles. The Balaban J connectivity index is 1.70. The Morgan fingerprint density at radius 1 is 1.00 bits per heavy atom. The Morgan fingerprint density at radius 2 is 1.72 bits per heavy atom. The molecule has 0 aromatic heterocycles. The third-order valence-corrected chi connectivity index (χ3v) is 4.86. The number of nitrogens with zero attached hydrogens (tertiary/aromatic N) is 1. The Kier molecular flexibility index (Phi) is 6.75. The fourth-order valence-electron chi connectivity index (χ4n) is 3.26. The van der Waals surface area contributed by atoms with Gasteiger partial charge in [0.25, 0.3) is 0 Å². The molecule has 0 fully saturated rings. The lowest BCUT2D eigenvalue weighted by Crippen LogP contribution is -2.49. The molecule has 2 amide bonds. The van der Waals surface area contributed by atoms with Gasteiger partial charge in [0, 0.05) is 19.0 Å². The Morgan fingerprint density at radius 3 is 2.45 bits per heavy atom. The number of benzene rings is 2. The summed E-state index contributed by atoms with van der Waals surface area (Å²) in [6.07, 6.45) is 0.880. The first-order valence-electron chi connectivity index (χ1n) is 9.96. The predicted molar refractivity (Wildman–Crippen MR) is 111 cm³/mol. The van der Waals surface area contributed by atoms with E-state index in [-0.39, 0.29) is 24.6 Å². The lowest BCUT2D eigenvalue weighted by Gasteiger charge is -2.29. The van der Waals surface area contributed by atoms with E-state index in [1.54, 1.807) is 11.8 Å². The molecule has 29 heavy (non-hydrogen) atoms. The Bertz CT molecular complexity index is 851. The molecule has 1 N–H and O–H groups in total. The molecule has 6 nitrogen and oxygen atoms in total. The lowest BCUT2D eigenvalue weighted by atomic mass is 10.1. The van der Waals surface area contributed by atoms with Crippen molar-refractivity contribution < 1.29 is 19.1 Å². The zero-order valence-electron chi connectivity index (χ0n) is 17.2. The fraction of sp³-hybridized carbons (Fsp3) is 0.391. The molecule has 0 saturated heterocycles. The van der Waals surface area contributed by atoms with Gasteiger partial charge in [0.05, 0.1) is 0 Å². The molecule has 2 aromatic rings. The van der Waals surface area contributed by atoms with Crippen LogP contribution in [0.3, 0.4) is 0 Å². The van der Waals surface area contributed by atoms with E-state index in [4.69, 9.17) is 9.47 Å². The van der Waals surface area contributed by atoms with E-state index in [9.17, 15) is 9.59 Å². The van der Waals surface area contributed by atoms with Crippen LogP contribution in [0.4, 0.5) is 0 Å². The second-order valence-electron chi connectivity index (χ2n) is 7.53. The summed E-state index contributed by atoms with van der Waals surface area (Å²) < 4.78 is 10.7. The van der Waals surface area contributed by atoms with Gasteiger partial charge in [0.1, 0.15) is 6.04 Å². The summed E-state index contributed by atoms with van der Waals surface area (Å²) in [4.78, 5) is 27.3. The molecule has 6 heteroatoms. The van der Waals surface area contributed by atoms with Gasteiger partial charge in [0.2, 0.25) is 18.6 Å². The summed E-state index contributed by atoms with van der Waals surface area (Å²) in [5.41, 5.74) is 2.00. The van der Waals surface area contributed by atoms with E-state index >= 15 is 0 Å². The average molecular weight is 396 g/mol. The molecule has 0 bridgehead atoms. The summed E-state index contributed by atoms with van der Waals surface area (Å²) >= 11 is 0. The normalized spacial score (nSPS) is 13.2. The number of hydrogen-bond acceptors (Lipinski definition) is 4. The summed E-state index contributed by atoms with van der Waals surface area (Å²) in [6, 6.07) is 14.9. The minimum Gasteiger partial charge on any atom is -0.454 e. The molecular formula is C23H28N2O4. The fourth-order valence-corrected chi connectivity index (χ4v) is 3.26. The quantitative estimate of drug-likeness (QED) is 0.744. The maximum Gasteiger partial charge on any atom is 0.242 e. The zero-order valence-corrected chi connectivity index (χ0v) is 17.2. The van der Waals surface area contributed by atoms with Crippen molar-refractivity contribution in [3.63, 3.8) is 0 Å². The number of nitrogens with one attached hydrogen (secondary N) is 1. The zero-order chi connectivity index (χ0) is 20.8. The summed E-state index contributed by atoms with van der Waals surface area (Å²) in [5, 5.41) is 2.90. The van der Waals surface area contributed by atoms with E-state index in [1.165, 1.54) is 0 Å². The molecule has 1 aliphatic heterocycles. The summed E-state index contributed by atoms with van der Waals surface area (Å²) in [7, 11) is 0. The van der Waals surface area contributed by atoms with E-state index in [0.717, 1.165) is 16.9 Å². The van der Waals surface area contributed by atoms with Gasteiger partial charge in [-0.05, 0) is 50.5 Å². The van der Waals surface area contributed by atoms with Gasteiger partial charge in [-0.25, -0.2) is 0 Å². The standard InChI is InChI=1S/C23H28N2O4/c1-16(2)24-23(27)17(3)25(14-19-7-5-4-6-8-19)22(26)12-10-18-9-11-20-21(13-18)29-15-28-20/h4-9,11,13,16-17H,10,12,14-15H2,1-3H3,(H,24,27). The second kappa shape index (κ2) is 9.45. The minimum atomic E-state index is -0.554. The van der Waals surface area contributed by atoms with Crippen LogP contribution >= 0.6 is 0 Å². The third-order valence-electron chi connectivity index (χ3n) is 4.86. The topological polar surface area (TPSA) is 67.9 Å². The number of rotatable bonds is 8. The van der Waals surface area contributed by atoms with Crippen molar-refractivity contribution in [1.82, 2.24) is 10.2 Å². The molecule has 2 aromatic carbocycles. The highest BCUT2D eigenvalue weighted by Gasteiger charge is 2.26. The minimum absolute atomic E-state index is 0.0206. The molecule has 1 unspecified atom stereocenters. The van der Waals surface area contributed by atoms with Crippen LogP contribution in [-0.4, -0.2) is 35.6 Å². The number of amides is 2. The van der Waals surface area contributed by atoms with Gasteiger partial charge in [-0.15, -0.1) is 0 Å². The molecule has 0 spiro atoms. The third kappa shape index (κ3) is 5.50. The number of ether oxygens (including phenoxy) is 2. The predicted octanol–water partition coefficient (Wildman–Crippen LogP) is 3.29. The van der Waals surface area contributed by atoms with Crippen molar-refractivity contribution >= 4 is 11.8 Å². The van der Waals surface area contributed by atoms with Crippen LogP contribution in [0.15, 0.2) is 48.5 Å². The highest BCUT2D eigenvalue weighted by molar-refractivity contribution is 5.87. The number of carbonyl (C=O) groups is 2. The smallest absolute Gasteiger partial charge is 0.242 e. The average Bonchev–Trinajstić information content (AvgIpc) is 3.18. The second-order valence-corrected chi connectivity index (χ2v) is 7.53. The van der Waals surface area contributed by atoms with Gasteiger partial charge in [-0.2, -0.15) is 0 Å². The van der Waals surface area contributed by atoms with E-state index in [0.29, 0.717) is 25.1 Å². The van der Waals surface area contributed by atoms with Crippen molar-refractivity contribution in [2.75, 3.05) is 6.79 Å². The van der Waals surface area contributed by atoms with Crippen molar-refractivity contribution in [2.45, 2.75) is 52.2 Å². The van der Waals surface area contributed by atoms with Crippen LogP contribution in [0.1, 0.15) is 38.3 Å². The summed E-state index contributed by atoms with van der Waals surface area (Å²) in [6.45, 7) is 6.22. The molecule has 1 atom stereocenters. The van der Waals surface area contributed by atoms with Crippen molar-refractivity contribution in [1.29, 1.82) is 0 Å². The SMILES string of the molecule is CC(C)NC(=O)C(C)N(Cc1ccccc1)C(=O)CCc1ccc2c(c1)OCO2. The van der Waals surface area contributed by atoms with E-state index in [2.05, 4.69) is 5.32 Å². The molecule has 0 radical (unpaired) electrons. The van der Waals surface area contributed by atoms with E-state index in [1.807, 2.05) is 62.4 Å². The molecular weight excluding hydrogens is 368 g/mol. The van der Waals surface area contributed by atoms with Gasteiger partial charge >= 0.3 is 0 Å². The van der Waals surface area contributed by atoms with Crippen LogP contribution < -0.4 is 14.8 Å². The number of aryl methyl sites for hydroxylation is 1. The molecule has 0 aliphatic carbocycles. The van der Waals surface area contributed by atoms with Crippen molar-refractivity contribution in [3.8, 4) is 11.5 Å².